The molecule has 0 fully saturated rings. The summed E-state index contributed by atoms with van der Waals surface area (Å²) in [6.45, 7) is 3.83. The van der Waals surface area contributed by atoms with Gasteiger partial charge in [0.15, 0.2) is 0 Å². The molecule has 0 aliphatic carbocycles. The second kappa shape index (κ2) is 7.54. The third-order valence-electron chi connectivity index (χ3n) is 3.33. The van der Waals surface area contributed by atoms with Gasteiger partial charge < -0.3 is 14.9 Å². The lowest BCUT2D eigenvalue weighted by Crippen LogP contribution is -2.31. The Kier molecular flexibility index (Phi) is 6.33. The number of allylic oxidation sites excluding steroid dienone is 1. The number of aliphatic carboxylic acids is 2. The van der Waals surface area contributed by atoms with Gasteiger partial charge in [0.25, 0.3) is 5.50 Å². The Balaban J connectivity index is 3.02. The van der Waals surface area contributed by atoms with E-state index in [2.05, 4.69) is 6.58 Å². The molecule has 1 rings (SSSR count). The summed E-state index contributed by atoms with van der Waals surface area (Å²) in [4.78, 5) is 42.9. The van der Waals surface area contributed by atoms with E-state index in [1.165, 1.54) is 6.08 Å². The Morgan fingerprint density at radius 2 is 2.10 bits per heavy atom. The molecule has 2 atom stereocenters. The largest absolute Gasteiger partial charge is 0.481 e. The predicted molar refractivity (Wildman–Crippen MR) is 76.6 cm³/mol. The maximum absolute atomic E-state index is 11.4. The average Bonchev–Trinajstić information content (AvgIpc) is 2.91. The van der Waals surface area contributed by atoms with Crippen LogP contribution in [-0.4, -0.2) is 44.2 Å². The lowest BCUT2D eigenvalue weighted by molar-refractivity contribution is -0.143. The first-order valence-electron chi connectivity index (χ1n) is 6.54. The molecular weight excluding hydrogens is 299 g/mol. The van der Waals surface area contributed by atoms with Crippen LogP contribution in [0.5, 0.6) is 0 Å². The molecule has 0 radical (unpaired) electrons. The van der Waals surface area contributed by atoms with Gasteiger partial charge in [0.1, 0.15) is 5.66 Å². The molecule has 7 nitrogen and oxygen atoms in total. The lowest BCUT2D eigenvalue weighted by Gasteiger charge is -2.26. The summed E-state index contributed by atoms with van der Waals surface area (Å²) >= 11 is 0. The summed E-state index contributed by atoms with van der Waals surface area (Å²) in [7, 11) is -3.79. The highest BCUT2D eigenvalue weighted by atomic mass is 31.2. The molecule has 0 aromatic heterocycles. The maximum Gasteiger partial charge on any atom is 0.341 e. The van der Waals surface area contributed by atoms with Crippen molar-refractivity contribution in [3.8, 4) is 0 Å². The number of hydrogen-bond donors (Lipinski definition) is 4. The van der Waals surface area contributed by atoms with E-state index in [-0.39, 0.29) is 24.8 Å². The quantitative estimate of drug-likeness (QED) is 0.376. The zero-order valence-corrected chi connectivity index (χ0v) is 12.4. The fourth-order valence-electron chi connectivity index (χ4n) is 2.29. The van der Waals surface area contributed by atoms with Crippen molar-refractivity contribution in [3.63, 3.8) is 0 Å². The van der Waals surface area contributed by atoms with Gasteiger partial charge in [0.2, 0.25) is 0 Å². The first-order chi connectivity index (χ1) is 9.80. The number of ether oxygens (including phenoxy) is 1. The third kappa shape index (κ3) is 4.52. The van der Waals surface area contributed by atoms with Gasteiger partial charge in [0, 0.05) is 25.3 Å². The van der Waals surface area contributed by atoms with E-state index < -0.39 is 31.2 Å². The van der Waals surface area contributed by atoms with Gasteiger partial charge in [-0.1, -0.05) is 6.08 Å². The lowest BCUT2D eigenvalue weighted by atomic mass is 9.97. The Labute approximate surface area is 123 Å². The van der Waals surface area contributed by atoms with Crippen LogP contribution in [0.15, 0.2) is 24.2 Å². The molecule has 1 heterocycles. The zero-order chi connectivity index (χ0) is 16.0. The van der Waals surface area contributed by atoms with Crippen molar-refractivity contribution in [2.24, 2.45) is 5.92 Å². The summed E-state index contributed by atoms with van der Waals surface area (Å²) in [5.74, 6) is -3.57. The summed E-state index contributed by atoms with van der Waals surface area (Å²) < 4.78 is 5.17. The fourth-order valence-corrected chi connectivity index (χ4v) is 4.52. The highest BCUT2D eigenvalue weighted by Crippen LogP contribution is 2.66. The smallest absolute Gasteiger partial charge is 0.341 e. The van der Waals surface area contributed by atoms with Crippen molar-refractivity contribution in [2.75, 3.05) is 6.61 Å². The number of carboxylic acids is 2. The normalized spacial score (nSPS) is 17.5. The predicted octanol–water partition coefficient (Wildman–Crippen LogP) is 1.59. The Hall–Kier alpha value is -1.43. The number of hydrogen-bond acceptors (Lipinski definition) is 5. The van der Waals surface area contributed by atoms with Gasteiger partial charge >= 0.3 is 19.7 Å². The van der Waals surface area contributed by atoms with Crippen molar-refractivity contribution in [1.82, 2.24) is 0 Å². The highest BCUT2D eigenvalue weighted by Gasteiger charge is 2.55. The molecule has 118 valence electrons. The van der Waals surface area contributed by atoms with Crippen molar-refractivity contribution in [3.05, 3.63) is 24.2 Å². The molecule has 0 aromatic rings. The minimum atomic E-state index is -3.79. The molecule has 0 saturated carbocycles. The van der Waals surface area contributed by atoms with Crippen LogP contribution in [0.4, 0.5) is 0 Å². The summed E-state index contributed by atoms with van der Waals surface area (Å²) in [5.41, 5.74) is -1.01. The minimum Gasteiger partial charge on any atom is -0.481 e. The molecule has 2 unspecified atom stereocenters. The molecule has 0 bridgehead atoms. The van der Waals surface area contributed by atoms with Gasteiger partial charge in [-0.2, -0.15) is 0 Å². The summed E-state index contributed by atoms with van der Waals surface area (Å²) in [5, 5.41) is 18.0. The van der Waals surface area contributed by atoms with Gasteiger partial charge in [-0.3, -0.25) is 9.59 Å². The second-order valence-electron chi connectivity index (χ2n) is 4.80. The summed E-state index contributed by atoms with van der Waals surface area (Å²) in [6, 6.07) is 0. The van der Waals surface area contributed by atoms with Crippen LogP contribution in [-0.2, 0) is 14.3 Å². The zero-order valence-electron chi connectivity index (χ0n) is 11.5. The van der Waals surface area contributed by atoms with Gasteiger partial charge in [-0.25, -0.2) is 9.79 Å². The average molecular weight is 319 g/mol. The summed E-state index contributed by atoms with van der Waals surface area (Å²) in [6.07, 6.45) is 2.99. The van der Waals surface area contributed by atoms with E-state index in [1.807, 2.05) is 0 Å². The molecule has 1 aliphatic heterocycles. The Morgan fingerprint density at radius 1 is 1.43 bits per heavy atom. The van der Waals surface area contributed by atoms with E-state index >= 15 is 0 Å². The first kappa shape index (κ1) is 17.6. The Morgan fingerprint density at radius 3 is 2.52 bits per heavy atom. The van der Waals surface area contributed by atoms with Crippen molar-refractivity contribution >= 4 is 19.7 Å². The third-order valence-corrected chi connectivity index (χ3v) is 5.79. The number of carbonyl (C=O) groups is 2. The van der Waals surface area contributed by atoms with E-state index in [4.69, 9.17) is 9.84 Å². The van der Waals surface area contributed by atoms with Crippen LogP contribution in [0.1, 0.15) is 25.7 Å². The van der Waals surface area contributed by atoms with Crippen molar-refractivity contribution in [1.29, 1.82) is 0 Å². The van der Waals surface area contributed by atoms with E-state index in [1.54, 1.807) is 6.08 Å². The topological polar surface area (TPSA) is 124 Å². The van der Waals surface area contributed by atoms with E-state index in [9.17, 15) is 24.5 Å². The molecule has 4 N–H and O–H groups in total. The fraction of sp³-hybridized carbons (Fsp3) is 0.538. The second-order valence-corrected chi connectivity index (χ2v) is 7.20. The van der Waals surface area contributed by atoms with Gasteiger partial charge in [-0.15, -0.1) is 6.58 Å². The molecule has 21 heavy (non-hydrogen) atoms. The number of rotatable bonds is 9. The van der Waals surface area contributed by atoms with Crippen LogP contribution < -0.4 is 0 Å². The molecule has 0 amide bonds. The number of carboxylic acid groups (broad SMARTS) is 2. The molecule has 1 aliphatic rings. The SMILES string of the molecule is C=CCC(C(CCC(=O)O)C(=O)O)[P+](O)(O)C1=CCCO1. The molecule has 0 saturated heterocycles. The van der Waals surface area contributed by atoms with E-state index in [0.29, 0.717) is 13.0 Å². The maximum atomic E-state index is 11.4. The standard InChI is InChI=1S/C13H19O7P/c1-2-4-10(9(13(16)17)6-7-11(14)15)21(18,19)12-5-3-8-20-12/h2,5,9-10,18-19H,1,3-4,6-8H2,(H-,14,15,16,17)/p+1. The van der Waals surface area contributed by atoms with Crippen LogP contribution >= 0.6 is 7.72 Å². The minimum absolute atomic E-state index is 0.0240. The van der Waals surface area contributed by atoms with Gasteiger partial charge in [0.05, 0.1) is 12.5 Å². The van der Waals surface area contributed by atoms with E-state index in [0.717, 1.165) is 0 Å². The molecule has 0 aromatic carbocycles. The first-order valence-corrected chi connectivity index (χ1v) is 8.30. The van der Waals surface area contributed by atoms with Crippen molar-refractivity contribution in [2.45, 2.75) is 31.3 Å². The highest BCUT2D eigenvalue weighted by molar-refractivity contribution is 7.69. The molecule has 8 heteroatoms. The molecule has 0 spiro atoms. The van der Waals surface area contributed by atoms with Crippen LogP contribution in [0, 0.1) is 5.92 Å². The molecular formula is C13H20O7P+. The van der Waals surface area contributed by atoms with Gasteiger partial charge in [-0.05, 0) is 6.42 Å². The van der Waals surface area contributed by atoms with Crippen LogP contribution in [0.25, 0.3) is 0 Å². The van der Waals surface area contributed by atoms with Crippen LogP contribution in [0.3, 0.4) is 0 Å². The van der Waals surface area contributed by atoms with Crippen molar-refractivity contribution < 1.29 is 34.3 Å². The van der Waals surface area contributed by atoms with Crippen LogP contribution in [0.2, 0.25) is 0 Å². The Bertz CT molecular complexity index is 444. The monoisotopic (exact) mass is 319 g/mol.